The number of methoxy groups -OCH3 is 2. The maximum atomic E-state index is 11.9. The van der Waals surface area contributed by atoms with Crippen molar-refractivity contribution < 1.29 is 23.8 Å². The van der Waals surface area contributed by atoms with Gasteiger partial charge in [0.15, 0.2) is 0 Å². The first-order valence-electron chi connectivity index (χ1n) is 10.6. The summed E-state index contributed by atoms with van der Waals surface area (Å²) in [6, 6.07) is 14.2. The van der Waals surface area contributed by atoms with E-state index in [-0.39, 0.29) is 5.76 Å². The molecule has 2 rings (SSSR count). The van der Waals surface area contributed by atoms with E-state index in [4.69, 9.17) is 19.0 Å². The number of oxime groups is 1. The van der Waals surface area contributed by atoms with Gasteiger partial charge in [-0.25, -0.2) is 4.79 Å². The molecule has 0 saturated carbocycles. The number of aryl methyl sites for hydroxylation is 2. The molecule has 0 atom stereocenters. The number of nitrogens with zero attached hydrogens (tertiary/aromatic N) is 1. The highest BCUT2D eigenvalue weighted by Crippen LogP contribution is 2.23. The van der Waals surface area contributed by atoms with Crippen molar-refractivity contribution in [3.63, 3.8) is 0 Å². The number of hydrogen-bond acceptors (Lipinski definition) is 6. The average Bonchev–Trinajstić information content (AvgIpc) is 2.79. The molecule has 0 bridgehead atoms. The zero-order valence-corrected chi connectivity index (χ0v) is 21.0. The molecule has 0 aromatic heterocycles. The maximum Gasteiger partial charge on any atom is 0.377 e. The van der Waals surface area contributed by atoms with E-state index in [1.807, 2.05) is 32.0 Å². The van der Waals surface area contributed by atoms with Crippen molar-refractivity contribution >= 4 is 24.9 Å². The molecule has 0 spiro atoms. The fourth-order valence-electron chi connectivity index (χ4n) is 3.28. The van der Waals surface area contributed by atoms with Gasteiger partial charge in [0.1, 0.15) is 26.3 Å². The summed E-state index contributed by atoms with van der Waals surface area (Å²) in [4.78, 5) is 17.7. The predicted molar refractivity (Wildman–Crippen MR) is 130 cm³/mol. The van der Waals surface area contributed by atoms with Crippen LogP contribution in [0.3, 0.4) is 0 Å². The van der Waals surface area contributed by atoms with Crippen LogP contribution in [0.4, 0.5) is 0 Å². The summed E-state index contributed by atoms with van der Waals surface area (Å²) in [5.41, 5.74) is 3.79. The number of benzene rings is 2. The van der Waals surface area contributed by atoms with E-state index in [9.17, 15) is 4.79 Å². The second kappa shape index (κ2) is 11.5. The lowest BCUT2D eigenvalue weighted by atomic mass is 10.1. The second-order valence-electron chi connectivity index (χ2n) is 8.14. The normalized spacial score (nSPS) is 12.3. The van der Waals surface area contributed by atoms with Crippen molar-refractivity contribution in [3.05, 3.63) is 71.2 Å². The summed E-state index contributed by atoms with van der Waals surface area (Å²) in [6.07, 6.45) is 2.80. The molecule has 7 heteroatoms. The first-order chi connectivity index (χ1) is 15.2. The zero-order chi connectivity index (χ0) is 23.7. The highest BCUT2D eigenvalue weighted by atomic mass is 28.3. The van der Waals surface area contributed by atoms with E-state index in [2.05, 4.69) is 49.4 Å². The number of carbonyl (C=O) groups excluding carboxylic acids is 1. The lowest BCUT2D eigenvalue weighted by Gasteiger charge is -2.24. The Morgan fingerprint density at radius 2 is 1.84 bits per heavy atom. The third-order valence-electron chi connectivity index (χ3n) is 5.19. The standard InChI is InChI=1S/C25H33NO5Si/c1-8-20-11-9-10-12-24(20)32(6,7)17-30-26-19(3)21-14-13-18(2)22(15-21)31-23(16-28-4)25(27)29-5/h9-16H,8,17H2,1-7H3. The van der Waals surface area contributed by atoms with Gasteiger partial charge in [-0.15, -0.1) is 0 Å². The van der Waals surface area contributed by atoms with Gasteiger partial charge in [0.05, 0.1) is 19.9 Å². The van der Waals surface area contributed by atoms with E-state index in [1.54, 1.807) is 0 Å². The summed E-state index contributed by atoms with van der Waals surface area (Å²) >= 11 is 0. The van der Waals surface area contributed by atoms with Crippen LogP contribution in [0.15, 0.2) is 59.6 Å². The molecule has 0 heterocycles. The van der Waals surface area contributed by atoms with Gasteiger partial charge in [0, 0.05) is 5.56 Å². The summed E-state index contributed by atoms with van der Waals surface area (Å²) in [5.74, 6) is -0.148. The first kappa shape index (κ1) is 25.2. The average molecular weight is 456 g/mol. The Bertz CT molecular complexity index is 998. The molecule has 6 nitrogen and oxygen atoms in total. The van der Waals surface area contributed by atoms with Crippen molar-refractivity contribution in [1.29, 1.82) is 0 Å². The fourth-order valence-corrected chi connectivity index (χ4v) is 5.50. The van der Waals surface area contributed by atoms with Crippen LogP contribution in [0.1, 0.15) is 30.5 Å². The van der Waals surface area contributed by atoms with Gasteiger partial charge in [-0.2, -0.15) is 0 Å². The van der Waals surface area contributed by atoms with Gasteiger partial charge in [-0.3, -0.25) is 0 Å². The Balaban J connectivity index is 2.17. The van der Waals surface area contributed by atoms with E-state index < -0.39 is 14.0 Å². The lowest BCUT2D eigenvalue weighted by Crippen LogP contribution is -2.47. The fraction of sp³-hybridized carbons (Fsp3) is 0.360. The van der Waals surface area contributed by atoms with Gasteiger partial charge in [0.2, 0.25) is 5.76 Å². The van der Waals surface area contributed by atoms with Crippen molar-refractivity contribution in [2.45, 2.75) is 40.3 Å². The second-order valence-corrected chi connectivity index (χ2v) is 12.7. The molecule has 172 valence electrons. The third kappa shape index (κ3) is 6.47. The topological polar surface area (TPSA) is 66.3 Å². The van der Waals surface area contributed by atoms with Crippen molar-refractivity contribution in [3.8, 4) is 5.75 Å². The number of esters is 1. The van der Waals surface area contributed by atoms with Crippen LogP contribution in [0.2, 0.25) is 13.1 Å². The molecular weight excluding hydrogens is 422 g/mol. The summed E-state index contributed by atoms with van der Waals surface area (Å²) in [5, 5.41) is 5.77. The van der Waals surface area contributed by atoms with Gasteiger partial charge in [-0.1, -0.05) is 66.8 Å². The smallest absolute Gasteiger partial charge is 0.377 e. The van der Waals surface area contributed by atoms with Crippen LogP contribution in [0.25, 0.3) is 0 Å². The zero-order valence-electron chi connectivity index (χ0n) is 20.0. The molecule has 0 saturated heterocycles. The first-order valence-corrected chi connectivity index (χ1v) is 13.8. The minimum Gasteiger partial charge on any atom is -0.500 e. The minimum atomic E-state index is -1.81. The predicted octanol–water partition coefficient (Wildman–Crippen LogP) is 4.49. The van der Waals surface area contributed by atoms with Gasteiger partial charge in [0.25, 0.3) is 0 Å². The monoisotopic (exact) mass is 455 g/mol. The minimum absolute atomic E-state index is 0.0385. The molecule has 0 fully saturated rings. The number of carbonyl (C=O) groups is 1. The molecule has 32 heavy (non-hydrogen) atoms. The highest BCUT2D eigenvalue weighted by molar-refractivity contribution is 6.90. The maximum absolute atomic E-state index is 11.9. The van der Waals surface area contributed by atoms with Gasteiger partial charge >= 0.3 is 5.97 Å². The SMILES string of the molecule is CCc1ccccc1[Si](C)(C)CON=C(C)c1ccc(C)c(OC(=COC)C(=O)OC)c1. The molecule has 0 unspecified atom stereocenters. The Morgan fingerprint density at radius 3 is 2.50 bits per heavy atom. The molecular formula is C25H33NO5Si. The number of hydrogen-bond donors (Lipinski definition) is 0. The third-order valence-corrected chi connectivity index (χ3v) is 7.99. The van der Waals surface area contributed by atoms with Crippen molar-refractivity contribution in [2.75, 3.05) is 20.4 Å². The van der Waals surface area contributed by atoms with E-state index in [0.29, 0.717) is 12.0 Å². The number of ether oxygens (including phenoxy) is 3. The summed E-state index contributed by atoms with van der Waals surface area (Å²) in [6.45, 7) is 10.5. The quantitative estimate of drug-likeness (QED) is 0.132. The summed E-state index contributed by atoms with van der Waals surface area (Å²) < 4.78 is 15.4. The highest BCUT2D eigenvalue weighted by Gasteiger charge is 2.27. The molecule has 0 amide bonds. The number of rotatable bonds is 10. The molecule has 2 aromatic rings. The largest absolute Gasteiger partial charge is 0.500 e. The van der Waals surface area contributed by atoms with E-state index >= 15 is 0 Å². The van der Waals surface area contributed by atoms with Gasteiger partial charge < -0.3 is 19.0 Å². The Morgan fingerprint density at radius 1 is 1.12 bits per heavy atom. The van der Waals surface area contributed by atoms with Crippen LogP contribution >= 0.6 is 0 Å². The molecule has 0 aliphatic rings. The Hall–Kier alpha value is -3.06. The van der Waals surface area contributed by atoms with Crippen LogP contribution in [-0.2, 0) is 25.5 Å². The van der Waals surface area contributed by atoms with Gasteiger partial charge in [-0.05, 0) is 37.5 Å². The van der Waals surface area contributed by atoms with Crippen LogP contribution in [-0.4, -0.2) is 40.2 Å². The molecule has 2 aromatic carbocycles. The van der Waals surface area contributed by atoms with Crippen molar-refractivity contribution in [2.24, 2.45) is 5.16 Å². The summed E-state index contributed by atoms with van der Waals surface area (Å²) in [7, 11) is 0.919. The Kier molecular flexibility index (Phi) is 9.08. The Labute approximate surface area is 191 Å². The molecule has 0 aliphatic heterocycles. The molecule has 0 N–H and O–H groups in total. The van der Waals surface area contributed by atoms with Crippen LogP contribution < -0.4 is 9.92 Å². The molecule has 0 radical (unpaired) electrons. The van der Waals surface area contributed by atoms with Crippen LogP contribution in [0, 0.1) is 6.92 Å². The van der Waals surface area contributed by atoms with Crippen LogP contribution in [0.5, 0.6) is 5.75 Å². The van der Waals surface area contributed by atoms with Crippen molar-refractivity contribution in [1.82, 2.24) is 0 Å². The lowest BCUT2D eigenvalue weighted by molar-refractivity contribution is -0.138. The van der Waals surface area contributed by atoms with E-state index in [0.717, 1.165) is 23.3 Å². The molecule has 0 aliphatic carbocycles. The van der Waals surface area contributed by atoms with E-state index in [1.165, 1.54) is 31.2 Å².